The quantitative estimate of drug-likeness (QED) is 0.420. The topological polar surface area (TPSA) is 32.3 Å². The van der Waals surface area contributed by atoms with Crippen molar-refractivity contribution in [2.24, 2.45) is 0 Å². The van der Waals surface area contributed by atoms with E-state index >= 15 is 0 Å². The van der Waals surface area contributed by atoms with Gasteiger partial charge in [0, 0.05) is 25.0 Å². The lowest BCUT2D eigenvalue weighted by atomic mass is 9.72. The Kier molecular flexibility index (Phi) is 7.24. The molecule has 7 heteroatoms. The van der Waals surface area contributed by atoms with E-state index in [0.717, 1.165) is 11.6 Å². The molecule has 0 spiro atoms. The monoisotopic (exact) mass is 482 g/mol. The molecule has 0 bridgehead atoms. The molecule has 3 aromatic rings. The van der Waals surface area contributed by atoms with Crippen molar-refractivity contribution in [3.8, 4) is 0 Å². The molecule has 1 saturated heterocycles. The Balaban J connectivity index is 1.48. The molecule has 1 N–H and O–H groups in total. The Bertz CT molecular complexity index is 1180. The summed E-state index contributed by atoms with van der Waals surface area (Å²) in [5.41, 5.74) is 0.162. The van der Waals surface area contributed by atoms with Gasteiger partial charge in [0.15, 0.2) is 0 Å². The van der Waals surface area contributed by atoms with Crippen molar-refractivity contribution in [1.82, 2.24) is 10.2 Å². The number of rotatable bonds is 6. The number of hydrogen-bond donors (Lipinski definition) is 1. The number of carbonyl (C=O) groups is 1. The van der Waals surface area contributed by atoms with Crippen LogP contribution in [0, 0.1) is 5.82 Å². The predicted octanol–water partition coefficient (Wildman–Crippen LogP) is 6.28. The summed E-state index contributed by atoms with van der Waals surface area (Å²) in [4.78, 5) is 14.6. The number of carbonyl (C=O) groups excluding carboxylic acids is 1. The minimum absolute atomic E-state index is 0.000545. The molecule has 0 aromatic heterocycles. The zero-order chi connectivity index (χ0) is 24.9. The maximum atomic E-state index is 14.1. The Morgan fingerprint density at radius 1 is 0.914 bits per heavy atom. The number of hydrogen-bond acceptors (Lipinski definition) is 2. The van der Waals surface area contributed by atoms with Gasteiger partial charge < -0.3 is 10.2 Å². The Labute approximate surface area is 202 Å². The van der Waals surface area contributed by atoms with Crippen LogP contribution in [0.25, 0.3) is 6.08 Å². The summed E-state index contributed by atoms with van der Waals surface area (Å²) in [5.74, 6) is -1.04. The van der Waals surface area contributed by atoms with Gasteiger partial charge in [0.1, 0.15) is 5.82 Å². The van der Waals surface area contributed by atoms with E-state index in [1.807, 2.05) is 35.2 Å². The summed E-state index contributed by atoms with van der Waals surface area (Å²) >= 11 is 0. The van der Waals surface area contributed by atoms with Gasteiger partial charge in [-0.25, -0.2) is 4.39 Å². The molecule has 0 atom stereocenters. The number of piperidine rings is 1. The largest absolute Gasteiger partial charge is 0.416 e. The van der Waals surface area contributed by atoms with Crippen LogP contribution in [0.3, 0.4) is 0 Å². The van der Waals surface area contributed by atoms with Gasteiger partial charge >= 0.3 is 6.18 Å². The summed E-state index contributed by atoms with van der Waals surface area (Å²) in [6.45, 7) is 1.54. The molecule has 0 saturated carbocycles. The van der Waals surface area contributed by atoms with Crippen LogP contribution in [0.4, 0.5) is 17.6 Å². The van der Waals surface area contributed by atoms with Crippen LogP contribution in [0.5, 0.6) is 0 Å². The fourth-order valence-electron chi connectivity index (χ4n) is 4.54. The third kappa shape index (κ3) is 5.73. The second-order valence-electron chi connectivity index (χ2n) is 8.75. The number of alkyl halides is 3. The van der Waals surface area contributed by atoms with Crippen LogP contribution in [0.15, 0.2) is 85.1 Å². The van der Waals surface area contributed by atoms with Crippen LogP contribution in [0.2, 0.25) is 0 Å². The minimum Gasteiger partial charge on any atom is -0.377 e. The predicted molar refractivity (Wildman–Crippen MR) is 128 cm³/mol. The van der Waals surface area contributed by atoms with Crippen LogP contribution in [-0.2, 0) is 11.6 Å². The fraction of sp³-hybridized carbons (Fsp3) is 0.250. The lowest BCUT2D eigenvalue weighted by molar-refractivity contribution is -0.137. The molecule has 3 nitrogen and oxygen atoms in total. The molecule has 35 heavy (non-hydrogen) atoms. The molecular weight excluding hydrogens is 456 g/mol. The van der Waals surface area contributed by atoms with Gasteiger partial charge in [-0.3, -0.25) is 4.79 Å². The Morgan fingerprint density at radius 3 is 2.23 bits per heavy atom. The average molecular weight is 483 g/mol. The first kappa shape index (κ1) is 24.5. The van der Waals surface area contributed by atoms with Gasteiger partial charge in [-0.1, -0.05) is 60.7 Å². The smallest absolute Gasteiger partial charge is 0.377 e. The molecular formula is C28H26F4N2O. The molecule has 0 unspecified atom stereocenters. The van der Waals surface area contributed by atoms with E-state index in [1.165, 1.54) is 36.4 Å². The van der Waals surface area contributed by atoms with Gasteiger partial charge in [0.25, 0.3) is 5.91 Å². The highest BCUT2D eigenvalue weighted by Crippen LogP contribution is 2.36. The molecule has 1 fully saturated rings. The van der Waals surface area contributed by atoms with Gasteiger partial charge in [-0.2, -0.15) is 13.2 Å². The summed E-state index contributed by atoms with van der Waals surface area (Å²) in [6, 6.07) is 21.2. The normalized spacial score (nSPS) is 15.8. The molecule has 1 amide bonds. The number of benzene rings is 3. The summed E-state index contributed by atoms with van der Waals surface area (Å²) < 4.78 is 53.9. The number of likely N-dealkylation sites (tertiary alicyclic amines) is 1. The summed E-state index contributed by atoms with van der Waals surface area (Å²) in [5, 5.41) is 2.91. The first-order valence-electron chi connectivity index (χ1n) is 11.5. The maximum absolute atomic E-state index is 14.1. The average Bonchev–Trinajstić information content (AvgIpc) is 2.87. The molecule has 1 aliphatic rings. The van der Waals surface area contributed by atoms with E-state index in [4.69, 9.17) is 0 Å². The van der Waals surface area contributed by atoms with E-state index in [2.05, 4.69) is 5.32 Å². The molecule has 0 radical (unpaired) electrons. The first-order valence-corrected chi connectivity index (χ1v) is 11.5. The van der Waals surface area contributed by atoms with Crippen molar-refractivity contribution < 1.29 is 22.4 Å². The highest BCUT2D eigenvalue weighted by molar-refractivity contribution is 5.94. The molecule has 4 rings (SSSR count). The number of nitrogens with zero attached hydrogens (tertiary/aromatic N) is 1. The van der Waals surface area contributed by atoms with Crippen molar-refractivity contribution in [2.75, 3.05) is 19.6 Å². The number of amides is 1. The minimum atomic E-state index is -4.41. The molecule has 182 valence electrons. The van der Waals surface area contributed by atoms with Crippen molar-refractivity contribution >= 4 is 12.0 Å². The second-order valence-corrected chi connectivity index (χ2v) is 8.75. The third-order valence-electron chi connectivity index (χ3n) is 6.58. The van der Waals surface area contributed by atoms with E-state index in [0.29, 0.717) is 32.5 Å². The van der Waals surface area contributed by atoms with Crippen LogP contribution < -0.4 is 5.32 Å². The van der Waals surface area contributed by atoms with E-state index < -0.39 is 23.5 Å². The molecule has 3 aromatic carbocycles. The highest BCUT2D eigenvalue weighted by atomic mass is 19.4. The molecule has 0 aliphatic carbocycles. The summed E-state index contributed by atoms with van der Waals surface area (Å²) in [6.07, 6.45) is 0.150. The van der Waals surface area contributed by atoms with Gasteiger partial charge in [-0.05, 0) is 54.4 Å². The first-order chi connectivity index (χ1) is 16.8. The Morgan fingerprint density at radius 2 is 1.54 bits per heavy atom. The zero-order valence-electron chi connectivity index (χ0n) is 19.1. The van der Waals surface area contributed by atoms with Crippen molar-refractivity contribution in [1.29, 1.82) is 0 Å². The van der Waals surface area contributed by atoms with Gasteiger partial charge in [0.2, 0.25) is 0 Å². The van der Waals surface area contributed by atoms with Crippen molar-refractivity contribution in [2.45, 2.75) is 24.4 Å². The standard InChI is InChI=1S/C28H26F4N2O/c29-25-13-7-5-11-23(25)26(35)33-20-27(22-9-2-1-3-10-22)15-18-34(19-16-27)17-14-21-8-4-6-12-24(21)28(30,31)32/h1-14,17H,15-16,18-20H2,(H,33,35). The SMILES string of the molecule is O=C(NCC1(c2ccccc2)CCN(C=Cc2ccccc2C(F)(F)F)CC1)c1ccccc1F. The van der Waals surface area contributed by atoms with Crippen LogP contribution >= 0.6 is 0 Å². The maximum Gasteiger partial charge on any atom is 0.416 e. The van der Waals surface area contributed by atoms with Crippen LogP contribution in [-0.4, -0.2) is 30.4 Å². The molecule has 1 heterocycles. The second kappa shape index (κ2) is 10.3. The number of halogens is 4. The third-order valence-corrected chi connectivity index (χ3v) is 6.58. The van der Waals surface area contributed by atoms with Gasteiger partial charge in [-0.15, -0.1) is 0 Å². The van der Waals surface area contributed by atoms with E-state index in [9.17, 15) is 22.4 Å². The summed E-state index contributed by atoms with van der Waals surface area (Å²) in [7, 11) is 0. The van der Waals surface area contributed by atoms with Crippen molar-refractivity contribution in [3.63, 3.8) is 0 Å². The fourth-order valence-corrected chi connectivity index (χ4v) is 4.54. The lowest BCUT2D eigenvalue weighted by Gasteiger charge is -2.42. The lowest BCUT2D eigenvalue weighted by Crippen LogP contribution is -2.48. The van der Waals surface area contributed by atoms with Crippen LogP contribution in [0.1, 0.15) is 39.9 Å². The number of nitrogens with one attached hydrogen (secondary N) is 1. The van der Waals surface area contributed by atoms with E-state index in [-0.39, 0.29) is 16.5 Å². The van der Waals surface area contributed by atoms with Gasteiger partial charge in [0.05, 0.1) is 11.1 Å². The zero-order valence-corrected chi connectivity index (χ0v) is 19.1. The van der Waals surface area contributed by atoms with E-state index in [1.54, 1.807) is 18.3 Å². The van der Waals surface area contributed by atoms with Crippen molar-refractivity contribution in [3.05, 3.63) is 113 Å². The molecule has 1 aliphatic heterocycles. The highest BCUT2D eigenvalue weighted by Gasteiger charge is 2.36. The Hall–Kier alpha value is -3.61.